The van der Waals surface area contributed by atoms with Crippen molar-refractivity contribution in [3.8, 4) is 22.6 Å². The van der Waals surface area contributed by atoms with E-state index in [-0.39, 0.29) is 5.75 Å². The predicted molar refractivity (Wildman–Crippen MR) is 129 cm³/mol. The van der Waals surface area contributed by atoms with Crippen molar-refractivity contribution in [1.82, 2.24) is 19.4 Å². The second-order valence-electron chi connectivity index (χ2n) is 8.98. The summed E-state index contributed by atoms with van der Waals surface area (Å²) < 4.78 is 15.6. The van der Waals surface area contributed by atoms with Gasteiger partial charge in [0.25, 0.3) is 0 Å². The van der Waals surface area contributed by atoms with Crippen LogP contribution >= 0.6 is 0 Å². The molecular weight excluding hydrogens is 415 g/mol. The Morgan fingerprint density at radius 2 is 1.88 bits per heavy atom. The maximum Gasteiger partial charge on any atom is 0.139 e. The van der Waals surface area contributed by atoms with E-state index in [1.54, 1.807) is 4.57 Å². The molecule has 0 atom stereocenters. The predicted octanol–water partition coefficient (Wildman–Crippen LogP) is 4.86. The zero-order valence-electron chi connectivity index (χ0n) is 19.0. The smallest absolute Gasteiger partial charge is 0.139 e. The van der Waals surface area contributed by atoms with E-state index in [0.717, 1.165) is 47.4 Å². The van der Waals surface area contributed by atoms with Crippen LogP contribution in [-0.4, -0.2) is 57.7 Å². The monoisotopic (exact) mass is 443 g/mol. The van der Waals surface area contributed by atoms with Gasteiger partial charge in [0, 0.05) is 54.5 Å². The van der Waals surface area contributed by atoms with E-state index < -0.39 is 5.82 Å². The summed E-state index contributed by atoms with van der Waals surface area (Å²) in [6, 6.07) is 16.6. The highest BCUT2D eigenvalue weighted by Crippen LogP contribution is 2.34. The second-order valence-corrected chi connectivity index (χ2v) is 8.98. The van der Waals surface area contributed by atoms with Gasteiger partial charge in [0.1, 0.15) is 11.6 Å². The fourth-order valence-electron chi connectivity index (χ4n) is 4.69. The summed E-state index contributed by atoms with van der Waals surface area (Å²) in [5.74, 6) is -0.400. The first-order chi connectivity index (χ1) is 16.0. The van der Waals surface area contributed by atoms with E-state index in [0.29, 0.717) is 11.7 Å². The number of aromatic hydroxyl groups is 1. The number of hydrogen-bond donors (Lipinski definition) is 1. The number of pyridine rings is 1. The molecule has 0 aliphatic carbocycles. The van der Waals surface area contributed by atoms with Gasteiger partial charge in [-0.05, 0) is 51.2 Å². The molecule has 0 saturated carbocycles. The number of phenols is 1. The average Bonchev–Trinajstić information content (AvgIpc) is 3.21. The topological polar surface area (TPSA) is 44.5 Å². The first-order valence-corrected chi connectivity index (χ1v) is 11.4. The van der Waals surface area contributed by atoms with Crippen molar-refractivity contribution in [2.75, 3.05) is 27.2 Å². The minimum absolute atomic E-state index is 0.00598. The Kier molecular flexibility index (Phi) is 5.87. The maximum atomic E-state index is 13.9. The number of halogens is 1. The summed E-state index contributed by atoms with van der Waals surface area (Å²) >= 11 is 0. The first kappa shape index (κ1) is 21.6. The standard InChI is InChI=1S/C27H28FN4O/c1-30(2)22-11-13-31(14-12-22)17-21-9-7-19(16-29-21)24-18-32(25-6-4-3-5-23(24)25)26-15-20(28)8-10-27(26)33/h3-10,15-16,22,33H,11-14,17H2,1-2H3. The van der Waals surface area contributed by atoms with Crippen molar-refractivity contribution in [2.24, 2.45) is 0 Å². The van der Waals surface area contributed by atoms with E-state index in [2.05, 4.69) is 42.2 Å². The molecule has 1 fully saturated rings. The quantitative estimate of drug-likeness (QED) is 0.478. The van der Waals surface area contributed by atoms with Crippen LogP contribution in [-0.2, 0) is 6.54 Å². The van der Waals surface area contributed by atoms with Crippen LogP contribution in [0.5, 0.6) is 5.75 Å². The van der Waals surface area contributed by atoms with Gasteiger partial charge in [-0.15, -0.1) is 0 Å². The van der Waals surface area contributed by atoms with Crippen LogP contribution in [0.25, 0.3) is 27.7 Å². The lowest BCUT2D eigenvalue weighted by atomic mass is 10.0. The summed E-state index contributed by atoms with van der Waals surface area (Å²) in [5.41, 5.74) is 4.08. The Hall–Kier alpha value is -3.22. The Balaban J connectivity index is 1.42. The summed E-state index contributed by atoms with van der Waals surface area (Å²) in [6.07, 6.45) is 7.60. The number of nitrogens with zero attached hydrogens (tertiary/aromatic N) is 4. The van der Waals surface area contributed by atoms with Crippen molar-refractivity contribution in [2.45, 2.75) is 25.4 Å². The zero-order valence-corrected chi connectivity index (χ0v) is 19.0. The van der Waals surface area contributed by atoms with Crippen LogP contribution in [0.4, 0.5) is 4.39 Å². The third-order valence-electron chi connectivity index (χ3n) is 6.60. The number of fused-ring (bicyclic) bond motifs is 1. The number of likely N-dealkylation sites (tertiary alicyclic amines) is 1. The number of hydrogen-bond acceptors (Lipinski definition) is 4. The molecule has 1 aliphatic heterocycles. The zero-order chi connectivity index (χ0) is 22.9. The molecule has 2 aromatic heterocycles. The number of phenolic OH excluding ortho intramolecular Hbond substituents is 1. The molecule has 2 aromatic carbocycles. The van der Waals surface area contributed by atoms with Gasteiger partial charge in [0.2, 0.25) is 0 Å². The fraction of sp³-hybridized carbons (Fsp3) is 0.296. The van der Waals surface area contributed by atoms with Crippen LogP contribution in [0.15, 0.2) is 60.8 Å². The van der Waals surface area contributed by atoms with Gasteiger partial charge < -0.3 is 14.6 Å². The van der Waals surface area contributed by atoms with Gasteiger partial charge in [-0.2, -0.15) is 0 Å². The Morgan fingerprint density at radius 3 is 2.61 bits per heavy atom. The van der Waals surface area contributed by atoms with E-state index in [9.17, 15) is 9.50 Å². The van der Waals surface area contributed by atoms with Gasteiger partial charge in [0.15, 0.2) is 0 Å². The summed E-state index contributed by atoms with van der Waals surface area (Å²) in [6.45, 7) is 3.03. The number of aromatic nitrogens is 2. The van der Waals surface area contributed by atoms with Crippen molar-refractivity contribution >= 4 is 10.9 Å². The van der Waals surface area contributed by atoms with Crippen molar-refractivity contribution in [3.05, 3.63) is 78.5 Å². The molecule has 0 amide bonds. The van der Waals surface area contributed by atoms with E-state index in [4.69, 9.17) is 4.98 Å². The lowest BCUT2D eigenvalue weighted by Crippen LogP contribution is -2.41. The molecule has 5 rings (SSSR count). The van der Waals surface area contributed by atoms with Crippen LogP contribution < -0.4 is 0 Å². The van der Waals surface area contributed by atoms with Crippen LogP contribution in [0.3, 0.4) is 0 Å². The molecule has 0 unspecified atom stereocenters. The minimum atomic E-state index is -0.406. The molecule has 33 heavy (non-hydrogen) atoms. The van der Waals surface area contributed by atoms with Crippen LogP contribution in [0.1, 0.15) is 18.5 Å². The highest BCUT2D eigenvalue weighted by Gasteiger charge is 2.21. The Labute approximate surface area is 193 Å². The van der Waals surface area contributed by atoms with Gasteiger partial charge in [0.05, 0.1) is 23.1 Å². The van der Waals surface area contributed by atoms with Crippen LogP contribution in [0.2, 0.25) is 0 Å². The molecule has 4 aromatic rings. The maximum absolute atomic E-state index is 13.9. The molecule has 3 heterocycles. The van der Waals surface area contributed by atoms with E-state index in [1.165, 1.54) is 31.0 Å². The summed E-state index contributed by atoms with van der Waals surface area (Å²) in [5, 5.41) is 11.3. The van der Waals surface area contributed by atoms with Crippen LogP contribution in [0, 0.1) is 12.0 Å². The summed E-state index contributed by atoms with van der Waals surface area (Å²) in [4.78, 5) is 9.52. The molecule has 1 aliphatic rings. The molecule has 5 nitrogen and oxygen atoms in total. The van der Waals surface area contributed by atoms with Gasteiger partial charge in [-0.1, -0.05) is 24.3 Å². The highest BCUT2D eigenvalue weighted by molar-refractivity contribution is 5.96. The van der Waals surface area contributed by atoms with E-state index in [1.807, 2.05) is 30.5 Å². The molecule has 6 heteroatoms. The lowest BCUT2D eigenvalue weighted by molar-refractivity contribution is 0.139. The highest BCUT2D eigenvalue weighted by atomic mass is 19.1. The van der Waals surface area contributed by atoms with Crippen molar-refractivity contribution in [3.63, 3.8) is 0 Å². The second kappa shape index (κ2) is 8.96. The SMILES string of the molecule is CN(C)C1CCN(Cc2ccc(-c3[c]n(-c4cc(F)ccc4O)c4ccccc34)cn2)CC1. The summed E-state index contributed by atoms with van der Waals surface area (Å²) in [7, 11) is 4.31. The van der Waals surface area contributed by atoms with Gasteiger partial charge in [-0.3, -0.25) is 9.88 Å². The van der Waals surface area contributed by atoms with Gasteiger partial charge >= 0.3 is 0 Å². The Bertz CT molecular complexity index is 1260. The number of para-hydroxylation sites is 1. The molecule has 0 bridgehead atoms. The molecule has 1 radical (unpaired) electrons. The third kappa shape index (κ3) is 4.36. The van der Waals surface area contributed by atoms with Crippen molar-refractivity contribution in [1.29, 1.82) is 0 Å². The third-order valence-corrected chi connectivity index (χ3v) is 6.60. The molecular formula is C27H28FN4O. The minimum Gasteiger partial charge on any atom is -0.506 e. The number of piperidine rings is 1. The molecule has 1 saturated heterocycles. The molecule has 169 valence electrons. The normalized spacial score (nSPS) is 15.5. The average molecular weight is 444 g/mol. The lowest BCUT2D eigenvalue weighted by Gasteiger charge is -2.34. The van der Waals surface area contributed by atoms with Crippen molar-refractivity contribution < 1.29 is 9.50 Å². The molecule has 0 spiro atoms. The number of benzene rings is 2. The fourth-order valence-corrected chi connectivity index (χ4v) is 4.69. The first-order valence-electron chi connectivity index (χ1n) is 11.4. The molecule has 1 N–H and O–H groups in total. The Morgan fingerprint density at radius 1 is 1.09 bits per heavy atom. The number of rotatable bonds is 5. The van der Waals surface area contributed by atoms with E-state index >= 15 is 0 Å². The largest absolute Gasteiger partial charge is 0.506 e. The van der Waals surface area contributed by atoms with Gasteiger partial charge in [-0.25, -0.2) is 4.39 Å².